The first-order valence-corrected chi connectivity index (χ1v) is 2.97. The number of H-pyrrole nitrogens is 1. The molecular weight excluding hydrogens is 130 g/mol. The zero-order chi connectivity index (χ0) is 7.56. The summed E-state index contributed by atoms with van der Waals surface area (Å²) in [7, 11) is 0. The van der Waals surface area contributed by atoms with Crippen molar-refractivity contribution in [2.75, 3.05) is 0 Å². The number of aromatic hydroxyl groups is 2. The molecule has 0 saturated heterocycles. The third kappa shape index (κ3) is 1.13. The Labute approximate surface area is 58.6 Å². The van der Waals surface area contributed by atoms with Crippen molar-refractivity contribution < 1.29 is 10.2 Å². The molecule has 0 unspecified atom stereocenters. The van der Waals surface area contributed by atoms with Gasteiger partial charge in [0.25, 0.3) is 0 Å². The largest absolute Gasteiger partial charge is 0.494 e. The van der Waals surface area contributed by atoms with E-state index in [1.165, 1.54) is 6.07 Å². The highest BCUT2D eigenvalue weighted by Gasteiger charge is 2.00. The minimum absolute atomic E-state index is 0.00407. The Morgan fingerprint density at radius 3 is 2.60 bits per heavy atom. The van der Waals surface area contributed by atoms with Gasteiger partial charge in [0.15, 0.2) is 11.8 Å². The maximum Gasteiger partial charge on any atom is 0.198 e. The zero-order valence-corrected chi connectivity index (χ0v) is 5.63. The van der Waals surface area contributed by atoms with Gasteiger partial charge in [-0.2, -0.15) is 0 Å². The minimum Gasteiger partial charge on any atom is -0.494 e. The Bertz CT molecular complexity index is 250. The second-order valence-electron chi connectivity index (χ2n) is 1.96. The average molecular weight is 139 g/mol. The van der Waals surface area contributed by atoms with Gasteiger partial charge in [0.2, 0.25) is 0 Å². The summed E-state index contributed by atoms with van der Waals surface area (Å²) in [6.07, 6.45) is 3.48. The predicted molar refractivity (Wildman–Crippen MR) is 38.8 cm³/mol. The van der Waals surface area contributed by atoms with E-state index in [0.29, 0.717) is 5.56 Å². The minimum atomic E-state index is -0.0226. The molecule has 10 heavy (non-hydrogen) atoms. The molecule has 1 rings (SSSR count). The molecule has 1 aromatic rings. The van der Waals surface area contributed by atoms with E-state index >= 15 is 0 Å². The monoisotopic (exact) mass is 139 g/mol. The Balaban J connectivity index is 3.03. The lowest BCUT2D eigenvalue weighted by Gasteiger charge is -1.84. The fourth-order valence-corrected chi connectivity index (χ4v) is 0.752. The van der Waals surface area contributed by atoms with Crippen molar-refractivity contribution in [1.82, 2.24) is 4.98 Å². The van der Waals surface area contributed by atoms with Gasteiger partial charge < -0.3 is 10.2 Å². The fourth-order valence-electron chi connectivity index (χ4n) is 0.752. The van der Waals surface area contributed by atoms with Crippen LogP contribution in [0, 0.1) is 0 Å². The van der Waals surface area contributed by atoms with Gasteiger partial charge in [-0.15, -0.1) is 0 Å². The van der Waals surface area contributed by atoms with Gasteiger partial charge in [-0.05, 0) is 6.92 Å². The summed E-state index contributed by atoms with van der Waals surface area (Å²) in [5, 5.41) is 17.8. The van der Waals surface area contributed by atoms with Crippen LogP contribution in [-0.2, 0) is 0 Å². The van der Waals surface area contributed by atoms with Crippen LogP contribution >= 0.6 is 0 Å². The number of rotatable bonds is 1. The van der Waals surface area contributed by atoms with E-state index in [4.69, 9.17) is 10.2 Å². The number of aromatic nitrogens is 1. The molecule has 1 aromatic heterocycles. The molecule has 0 radical (unpaired) electrons. The SMILES string of the molecule is C/C=C/c1cc(O)[nH]c1O. The maximum absolute atomic E-state index is 9.00. The first kappa shape index (κ1) is 6.74. The van der Waals surface area contributed by atoms with Crippen LogP contribution in [0.1, 0.15) is 12.5 Å². The Kier molecular flexibility index (Phi) is 1.67. The topological polar surface area (TPSA) is 56.2 Å². The van der Waals surface area contributed by atoms with Crippen LogP contribution in [0.2, 0.25) is 0 Å². The lowest BCUT2D eigenvalue weighted by molar-refractivity contribution is 0.425. The summed E-state index contributed by atoms with van der Waals surface area (Å²) in [5.41, 5.74) is 0.597. The molecular formula is C7H9NO2. The molecule has 0 amide bonds. The van der Waals surface area contributed by atoms with Crippen molar-refractivity contribution in [3.05, 3.63) is 17.7 Å². The van der Waals surface area contributed by atoms with Crippen molar-refractivity contribution in [1.29, 1.82) is 0 Å². The third-order valence-corrected chi connectivity index (χ3v) is 1.16. The summed E-state index contributed by atoms with van der Waals surface area (Å²) >= 11 is 0. The Morgan fingerprint density at radius 2 is 2.20 bits per heavy atom. The van der Waals surface area contributed by atoms with Gasteiger partial charge in [0.1, 0.15) is 0 Å². The second kappa shape index (κ2) is 2.47. The molecule has 3 heteroatoms. The standard InChI is InChI=1S/C7H9NO2/c1-2-3-5-4-6(9)8-7(5)10/h2-4,8-10H,1H3/b3-2+. The first-order chi connectivity index (χ1) is 4.74. The fraction of sp³-hybridized carbons (Fsp3) is 0.143. The quantitative estimate of drug-likeness (QED) is 0.551. The van der Waals surface area contributed by atoms with Crippen molar-refractivity contribution >= 4 is 6.08 Å². The zero-order valence-electron chi connectivity index (χ0n) is 5.63. The molecule has 0 atom stereocenters. The van der Waals surface area contributed by atoms with Crippen LogP contribution < -0.4 is 0 Å². The molecule has 0 aliphatic carbocycles. The molecule has 0 aromatic carbocycles. The molecule has 3 nitrogen and oxygen atoms in total. The molecule has 54 valence electrons. The third-order valence-electron chi connectivity index (χ3n) is 1.16. The van der Waals surface area contributed by atoms with Gasteiger partial charge in [0.05, 0.1) is 0 Å². The first-order valence-electron chi connectivity index (χ1n) is 2.97. The number of hydrogen-bond acceptors (Lipinski definition) is 2. The molecule has 0 aliphatic heterocycles. The highest BCUT2D eigenvalue weighted by molar-refractivity contribution is 5.56. The summed E-state index contributed by atoms with van der Waals surface area (Å²) in [5.74, 6) is -0.0267. The van der Waals surface area contributed by atoms with E-state index in [0.717, 1.165) is 0 Å². The van der Waals surface area contributed by atoms with Crippen LogP contribution in [0.15, 0.2) is 12.1 Å². The summed E-state index contributed by atoms with van der Waals surface area (Å²) < 4.78 is 0. The maximum atomic E-state index is 9.00. The molecule has 0 saturated carbocycles. The van der Waals surface area contributed by atoms with Gasteiger partial charge in [-0.3, -0.25) is 4.98 Å². The van der Waals surface area contributed by atoms with E-state index in [-0.39, 0.29) is 11.8 Å². The van der Waals surface area contributed by atoms with E-state index in [1.807, 2.05) is 6.92 Å². The van der Waals surface area contributed by atoms with E-state index in [9.17, 15) is 0 Å². The average Bonchev–Trinajstić information content (AvgIpc) is 2.13. The molecule has 3 N–H and O–H groups in total. The predicted octanol–water partition coefficient (Wildman–Crippen LogP) is 1.46. The highest BCUT2D eigenvalue weighted by Crippen LogP contribution is 2.22. The Hall–Kier alpha value is -1.38. The van der Waals surface area contributed by atoms with Crippen LogP contribution in [0.4, 0.5) is 0 Å². The van der Waals surface area contributed by atoms with Crippen LogP contribution in [-0.4, -0.2) is 15.2 Å². The van der Waals surface area contributed by atoms with Crippen LogP contribution in [0.5, 0.6) is 11.8 Å². The van der Waals surface area contributed by atoms with Crippen molar-refractivity contribution in [3.63, 3.8) is 0 Å². The lowest BCUT2D eigenvalue weighted by atomic mass is 10.3. The van der Waals surface area contributed by atoms with Gasteiger partial charge in [-0.25, -0.2) is 0 Å². The normalized spacial score (nSPS) is 10.9. The summed E-state index contributed by atoms with van der Waals surface area (Å²) in [4.78, 5) is 2.35. The molecule has 0 spiro atoms. The van der Waals surface area contributed by atoms with Gasteiger partial charge >= 0.3 is 0 Å². The summed E-state index contributed by atoms with van der Waals surface area (Å²) in [6, 6.07) is 1.45. The molecule has 0 fully saturated rings. The smallest absolute Gasteiger partial charge is 0.198 e. The van der Waals surface area contributed by atoms with Gasteiger partial charge in [-0.1, -0.05) is 12.2 Å². The van der Waals surface area contributed by atoms with E-state index in [1.54, 1.807) is 12.2 Å². The molecule has 0 bridgehead atoms. The lowest BCUT2D eigenvalue weighted by Crippen LogP contribution is -1.64. The number of allylic oxidation sites excluding steroid dienone is 1. The van der Waals surface area contributed by atoms with E-state index < -0.39 is 0 Å². The van der Waals surface area contributed by atoms with E-state index in [2.05, 4.69) is 4.98 Å². The number of hydrogen-bond donors (Lipinski definition) is 3. The molecule has 0 aliphatic rings. The van der Waals surface area contributed by atoms with Crippen LogP contribution in [0.3, 0.4) is 0 Å². The highest BCUT2D eigenvalue weighted by atomic mass is 16.3. The van der Waals surface area contributed by atoms with Gasteiger partial charge in [0, 0.05) is 11.6 Å². The molecule has 1 heterocycles. The second-order valence-corrected chi connectivity index (χ2v) is 1.96. The van der Waals surface area contributed by atoms with Crippen molar-refractivity contribution in [2.45, 2.75) is 6.92 Å². The number of nitrogens with one attached hydrogen (secondary N) is 1. The number of aromatic amines is 1. The Morgan fingerprint density at radius 1 is 1.50 bits per heavy atom. The van der Waals surface area contributed by atoms with Crippen molar-refractivity contribution in [3.8, 4) is 11.8 Å². The summed E-state index contributed by atoms with van der Waals surface area (Å²) in [6.45, 7) is 1.84. The van der Waals surface area contributed by atoms with Crippen molar-refractivity contribution in [2.24, 2.45) is 0 Å². The van der Waals surface area contributed by atoms with Crippen LogP contribution in [0.25, 0.3) is 6.08 Å².